The fourth-order valence-corrected chi connectivity index (χ4v) is 1.82. The van der Waals surface area contributed by atoms with E-state index in [9.17, 15) is 5.11 Å². The first-order valence-electron chi connectivity index (χ1n) is 6.09. The summed E-state index contributed by atoms with van der Waals surface area (Å²) in [5, 5.41) is 9.36. The Hall–Kier alpha value is -1.02. The summed E-state index contributed by atoms with van der Waals surface area (Å²) in [6.07, 6.45) is 0. The fraction of sp³-hybridized carbons (Fsp3) is 0.571. The van der Waals surface area contributed by atoms with Gasteiger partial charge in [-0.15, -0.1) is 0 Å². The summed E-state index contributed by atoms with van der Waals surface area (Å²) in [6, 6.07) is 10.4. The van der Waals surface area contributed by atoms with Crippen molar-refractivity contribution in [1.82, 2.24) is 0 Å². The molecule has 90 valence electrons. The van der Waals surface area contributed by atoms with E-state index in [1.54, 1.807) is 0 Å². The van der Waals surface area contributed by atoms with E-state index in [4.69, 9.17) is 0 Å². The molecule has 1 aromatic carbocycles. The highest BCUT2D eigenvalue weighted by atomic mass is 16.3. The minimum absolute atomic E-state index is 0.265. The number of anilines is 1. The van der Waals surface area contributed by atoms with Gasteiger partial charge in [0.2, 0.25) is 0 Å². The molecule has 1 rings (SSSR count). The zero-order valence-corrected chi connectivity index (χ0v) is 10.6. The highest BCUT2D eigenvalue weighted by molar-refractivity contribution is 5.45. The van der Waals surface area contributed by atoms with E-state index in [1.807, 2.05) is 6.07 Å². The average molecular weight is 221 g/mol. The molecule has 0 aliphatic rings. The quantitative estimate of drug-likeness (QED) is 0.798. The fourth-order valence-electron chi connectivity index (χ4n) is 1.82. The first-order chi connectivity index (χ1) is 7.69. The van der Waals surface area contributed by atoms with Gasteiger partial charge in [-0.3, -0.25) is 0 Å². The van der Waals surface area contributed by atoms with E-state index < -0.39 is 0 Å². The van der Waals surface area contributed by atoms with E-state index in [1.165, 1.54) is 5.69 Å². The molecule has 16 heavy (non-hydrogen) atoms. The Labute approximate surface area is 98.9 Å². The number of para-hydroxylation sites is 1. The van der Waals surface area contributed by atoms with Crippen molar-refractivity contribution >= 4 is 5.69 Å². The van der Waals surface area contributed by atoms with Crippen LogP contribution in [-0.4, -0.2) is 24.8 Å². The van der Waals surface area contributed by atoms with Crippen LogP contribution in [0.5, 0.6) is 0 Å². The molecule has 0 saturated heterocycles. The summed E-state index contributed by atoms with van der Waals surface area (Å²) in [4.78, 5) is 2.32. The molecule has 1 unspecified atom stereocenters. The third-order valence-electron chi connectivity index (χ3n) is 3.14. The third kappa shape index (κ3) is 3.53. The van der Waals surface area contributed by atoms with Gasteiger partial charge in [0.1, 0.15) is 0 Å². The largest absolute Gasteiger partial charge is 0.396 e. The number of nitrogens with zero attached hydrogens (tertiary/aromatic N) is 1. The van der Waals surface area contributed by atoms with Crippen molar-refractivity contribution in [2.75, 3.05) is 24.6 Å². The van der Waals surface area contributed by atoms with Gasteiger partial charge in [-0.2, -0.15) is 0 Å². The van der Waals surface area contributed by atoms with Crippen molar-refractivity contribution in [3.05, 3.63) is 30.3 Å². The van der Waals surface area contributed by atoms with Crippen LogP contribution in [0.2, 0.25) is 0 Å². The van der Waals surface area contributed by atoms with Gasteiger partial charge >= 0.3 is 0 Å². The van der Waals surface area contributed by atoms with Crippen LogP contribution in [0.3, 0.4) is 0 Å². The Morgan fingerprint density at radius 2 is 1.81 bits per heavy atom. The molecule has 0 aromatic heterocycles. The van der Waals surface area contributed by atoms with Crippen LogP contribution in [0.15, 0.2) is 30.3 Å². The predicted molar refractivity (Wildman–Crippen MR) is 69.7 cm³/mol. The van der Waals surface area contributed by atoms with Gasteiger partial charge in [-0.1, -0.05) is 32.0 Å². The number of rotatable bonds is 6. The molecular weight excluding hydrogens is 198 g/mol. The van der Waals surface area contributed by atoms with Gasteiger partial charge in [-0.05, 0) is 25.0 Å². The Morgan fingerprint density at radius 1 is 1.19 bits per heavy atom. The second kappa shape index (κ2) is 6.54. The van der Waals surface area contributed by atoms with Gasteiger partial charge in [0.05, 0.1) is 0 Å². The Balaban J connectivity index is 2.68. The molecule has 0 bridgehead atoms. The number of benzene rings is 1. The van der Waals surface area contributed by atoms with Gasteiger partial charge in [-0.25, -0.2) is 0 Å². The van der Waals surface area contributed by atoms with Crippen molar-refractivity contribution < 1.29 is 5.11 Å². The lowest BCUT2D eigenvalue weighted by Crippen LogP contribution is -2.33. The molecule has 0 radical (unpaired) electrons. The van der Waals surface area contributed by atoms with E-state index in [-0.39, 0.29) is 6.61 Å². The van der Waals surface area contributed by atoms with Crippen molar-refractivity contribution in [2.24, 2.45) is 11.8 Å². The number of hydrogen-bond acceptors (Lipinski definition) is 2. The summed E-state index contributed by atoms with van der Waals surface area (Å²) in [5.74, 6) is 0.864. The molecule has 1 aromatic rings. The van der Waals surface area contributed by atoms with E-state index in [0.29, 0.717) is 11.8 Å². The van der Waals surface area contributed by atoms with Crippen LogP contribution < -0.4 is 4.90 Å². The Kier molecular flexibility index (Phi) is 5.33. The smallest absolute Gasteiger partial charge is 0.0478 e. The lowest BCUT2D eigenvalue weighted by Gasteiger charge is -2.29. The molecule has 0 spiro atoms. The van der Waals surface area contributed by atoms with E-state index in [2.05, 4.69) is 49.9 Å². The van der Waals surface area contributed by atoms with Crippen molar-refractivity contribution in [3.8, 4) is 0 Å². The van der Waals surface area contributed by atoms with Crippen LogP contribution in [0, 0.1) is 11.8 Å². The highest BCUT2D eigenvalue weighted by Crippen LogP contribution is 2.18. The van der Waals surface area contributed by atoms with E-state index in [0.717, 1.165) is 13.1 Å². The SMILES string of the molecule is CCN(CC(CO)C(C)C)c1ccccc1. The second-order valence-electron chi connectivity index (χ2n) is 4.56. The molecule has 1 N–H and O–H groups in total. The highest BCUT2D eigenvalue weighted by Gasteiger charge is 2.16. The molecule has 2 nitrogen and oxygen atoms in total. The molecule has 0 aliphatic carbocycles. The number of hydrogen-bond donors (Lipinski definition) is 1. The second-order valence-corrected chi connectivity index (χ2v) is 4.56. The molecular formula is C14H23NO. The Morgan fingerprint density at radius 3 is 2.25 bits per heavy atom. The van der Waals surface area contributed by atoms with E-state index >= 15 is 0 Å². The lowest BCUT2D eigenvalue weighted by molar-refractivity contribution is 0.192. The molecule has 2 heteroatoms. The van der Waals surface area contributed by atoms with Crippen LogP contribution in [0.25, 0.3) is 0 Å². The monoisotopic (exact) mass is 221 g/mol. The maximum absolute atomic E-state index is 9.36. The summed E-state index contributed by atoms with van der Waals surface area (Å²) >= 11 is 0. The average Bonchev–Trinajstić information content (AvgIpc) is 2.31. The van der Waals surface area contributed by atoms with Crippen molar-refractivity contribution in [1.29, 1.82) is 0 Å². The van der Waals surface area contributed by atoms with Gasteiger partial charge in [0.25, 0.3) is 0 Å². The molecule has 0 fully saturated rings. The van der Waals surface area contributed by atoms with Crippen LogP contribution in [0.4, 0.5) is 5.69 Å². The number of aliphatic hydroxyl groups is 1. The zero-order valence-electron chi connectivity index (χ0n) is 10.6. The molecule has 0 heterocycles. The summed E-state index contributed by atoms with van der Waals surface area (Å²) in [5.41, 5.74) is 1.24. The molecule has 0 amide bonds. The number of aliphatic hydroxyl groups excluding tert-OH is 1. The normalized spacial score (nSPS) is 12.8. The predicted octanol–water partition coefficient (Wildman–Crippen LogP) is 2.78. The van der Waals surface area contributed by atoms with Crippen molar-refractivity contribution in [3.63, 3.8) is 0 Å². The third-order valence-corrected chi connectivity index (χ3v) is 3.14. The zero-order chi connectivity index (χ0) is 12.0. The minimum Gasteiger partial charge on any atom is -0.396 e. The Bertz CT molecular complexity index is 284. The first-order valence-corrected chi connectivity index (χ1v) is 6.09. The standard InChI is InChI=1S/C14H23NO/c1-4-15(10-13(11-16)12(2)3)14-8-6-5-7-9-14/h5-9,12-13,16H,4,10-11H2,1-3H3. The molecule has 0 saturated carbocycles. The van der Waals surface area contributed by atoms with Crippen LogP contribution in [-0.2, 0) is 0 Å². The minimum atomic E-state index is 0.265. The topological polar surface area (TPSA) is 23.5 Å². The first kappa shape index (κ1) is 13.0. The van der Waals surface area contributed by atoms with Gasteiger partial charge in [0.15, 0.2) is 0 Å². The lowest BCUT2D eigenvalue weighted by atomic mass is 9.96. The summed E-state index contributed by atoms with van der Waals surface area (Å²) in [7, 11) is 0. The van der Waals surface area contributed by atoms with Crippen LogP contribution in [0.1, 0.15) is 20.8 Å². The maximum atomic E-state index is 9.36. The van der Waals surface area contributed by atoms with Crippen molar-refractivity contribution in [2.45, 2.75) is 20.8 Å². The molecule has 1 atom stereocenters. The maximum Gasteiger partial charge on any atom is 0.0478 e. The molecule has 0 aliphatic heterocycles. The van der Waals surface area contributed by atoms with Crippen LogP contribution >= 0.6 is 0 Å². The van der Waals surface area contributed by atoms with Gasteiger partial charge in [0, 0.05) is 31.3 Å². The summed E-state index contributed by atoms with van der Waals surface area (Å²) in [6.45, 7) is 8.66. The summed E-state index contributed by atoms with van der Waals surface area (Å²) < 4.78 is 0. The van der Waals surface area contributed by atoms with Gasteiger partial charge < -0.3 is 10.0 Å².